The molecule has 0 fully saturated rings. The van der Waals surface area contributed by atoms with Gasteiger partial charge in [-0.1, -0.05) is 13.8 Å². The molecule has 21 heavy (non-hydrogen) atoms. The van der Waals surface area contributed by atoms with Crippen LogP contribution in [0.3, 0.4) is 0 Å². The van der Waals surface area contributed by atoms with Crippen LogP contribution in [-0.2, 0) is 16.5 Å². The molecule has 3 atom stereocenters. The molecule has 0 saturated heterocycles. The van der Waals surface area contributed by atoms with E-state index in [9.17, 15) is 5.11 Å². The van der Waals surface area contributed by atoms with Crippen molar-refractivity contribution in [3.8, 4) is 0 Å². The van der Waals surface area contributed by atoms with E-state index in [2.05, 4.69) is 9.98 Å². The molecule has 0 amide bonds. The van der Waals surface area contributed by atoms with Crippen LogP contribution in [0.2, 0.25) is 0 Å². The number of ether oxygens (including phenoxy) is 2. The topological polar surface area (TPSA) is 68.3 Å². The molecule has 2 rings (SSSR count). The second kappa shape index (κ2) is 6.30. The predicted molar refractivity (Wildman–Crippen MR) is 81.7 cm³/mol. The van der Waals surface area contributed by atoms with E-state index in [0.717, 1.165) is 5.69 Å². The third-order valence-corrected chi connectivity index (χ3v) is 3.67. The fourth-order valence-corrected chi connectivity index (χ4v) is 2.47. The Hall–Kier alpha value is -1.82. The van der Waals surface area contributed by atoms with Gasteiger partial charge >= 0.3 is 0 Å². The van der Waals surface area contributed by atoms with Gasteiger partial charge in [-0.3, -0.25) is 0 Å². The molecule has 0 bridgehead atoms. The van der Waals surface area contributed by atoms with Crippen LogP contribution in [0.5, 0.6) is 0 Å². The largest absolute Gasteiger partial charge is 0.483 e. The molecule has 6 heteroatoms. The van der Waals surface area contributed by atoms with E-state index in [0.29, 0.717) is 11.8 Å². The van der Waals surface area contributed by atoms with Gasteiger partial charge in [0.1, 0.15) is 12.1 Å². The summed E-state index contributed by atoms with van der Waals surface area (Å²) < 4.78 is 12.6. The summed E-state index contributed by atoms with van der Waals surface area (Å²) in [5.74, 6) is 1.20. The lowest BCUT2D eigenvalue weighted by Crippen LogP contribution is -2.40. The maximum Gasteiger partial charge on any atom is 0.212 e. The number of hydrogen-bond acceptors (Lipinski definition) is 5. The van der Waals surface area contributed by atoms with E-state index >= 15 is 0 Å². The smallest absolute Gasteiger partial charge is 0.212 e. The van der Waals surface area contributed by atoms with Gasteiger partial charge in [0, 0.05) is 18.9 Å². The highest BCUT2D eigenvalue weighted by molar-refractivity contribution is 5.94. The van der Waals surface area contributed by atoms with Gasteiger partial charge in [0.25, 0.3) is 0 Å². The number of nitrogens with zero attached hydrogens (tertiary/aromatic N) is 3. The van der Waals surface area contributed by atoms with E-state index in [-0.39, 0.29) is 12.0 Å². The van der Waals surface area contributed by atoms with Crippen molar-refractivity contribution in [1.82, 2.24) is 4.57 Å². The van der Waals surface area contributed by atoms with Crippen LogP contribution in [0.15, 0.2) is 28.3 Å². The molecule has 1 aliphatic rings. The molecule has 1 aromatic heterocycles. The van der Waals surface area contributed by atoms with Crippen molar-refractivity contribution in [2.24, 2.45) is 23.0 Å². The molecule has 0 unspecified atom stereocenters. The van der Waals surface area contributed by atoms with E-state index in [1.165, 1.54) is 0 Å². The highest BCUT2D eigenvalue weighted by Crippen LogP contribution is 2.26. The normalized spacial score (nSPS) is 23.6. The highest BCUT2D eigenvalue weighted by Gasteiger charge is 2.36. The average Bonchev–Trinajstić information content (AvgIpc) is 2.90. The van der Waals surface area contributed by atoms with Crippen LogP contribution >= 0.6 is 0 Å². The molecule has 0 spiro atoms. The zero-order chi connectivity index (χ0) is 15.6. The summed E-state index contributed by atoms with van der Waals surface area (Å²) in [5.41, 5.74) is 0.756. The standard InChI is InChI=1S/C15H23N3O3/c1-9(2)11-14(20-4)17-12(15(16-11)21-5)13(19)10-7-6-8-18(10)3/h6-9,11-13,19H,1-5H3/t11-,12+,13-/m0/s1. The van der Waals surface area contributed by atoms with Gasteiger partial charge in [-0.05, 0) is 18.1 Å². The maximum absolute atomic E-state index is 10.6. The van der Waals surface area contributed by atoms with Gasteiger partial charge in [0.15, 0.2) is 6.04 Å². The number of aliphatic hydroxyl groups excluding tert-OH is 1. The van der Waals surface area contributed by atoms with Crippen LogP contribution in [0.1, 0.15) is 25.6 Å². The van der Waals surface area contributed by atoms with Crippen molar-refractivity contribution in [3.63, 3.8) is 0 Å². The van der Waals surface area contributed by atoms with Crippen molar-refractivity contribution in [1.29, 1.82) is 0 Å². The fraction of sp³-hybridized carbons (Fsp3) is 0.600. The zero-order valence-corrected chi connectivity index (χ0v) is 13.1. The minimum atomic E-state index is -0.832. The third-order valence-electron chi connectivity index (χ3n) is 3.67. The summed E-state index contributed by atoms with van der Waals surface area (Å²) >= 11 is 0. The first kappa shape index (κ1) is 15.6. The molecule has 2 heterocycles. The van der Waals surface area contributed by atoms with Crippen LogP contribution < -0.4 is 0 Å². The first-order valence-corrected chi connectivity index (χ1v) is 7.02. The van der Waals surface area contributed by atoms with Crippen molar-refractivity contribution >= 4 is 11.8 Å². The number of aliphatic imine (C=N–C) groups is 2. The SMILES string of the molecule is COC1=N[C@H]([C@@H](O)c2cccn2C)C(OC)=N[C@H]1C(C)C. The maximum atomic E-state index is 10.6. The van der Waals surface area contributed by atoms with Crippen LogP contribution in [-0.4, -0.2) is 47.8 Å². The summed E-state index contributed by atoms with van der Waals surface area (Å²) in [4.78, 5) is 9.09. The highest BCUT2D eigenvalue weighted by atomic mass is 16.5. The van der Waals surface area contributed by atoms with Gasteiger partial charge in [-0.2, -0.15) is 0 Å². The van der Waals surface area contributed by atoms with Crippen molar-refractivity contribution < 1.29 is 14.6 Å². The molecular weight excluding hydrogens is 270 g/mol. The summed E-state index contributed by atoms with van der Waals surface area (Å²) in [6.45, 7) is 4.09. The second-order valence-electron chi connectivity index (χ2n) is 5.47. The van der Waals surface area contributed by atoms with E-state index in [1.807, 2.05) is 43.8 Å². The number of aliphatic hydroxyl groups is 1. The van der Waals surface area contributed by atoms with Crippen molar-refractivity contribution in [3.05, 3.63) is 24.0 Å². The van der Waals surface area contributed by atoms with E-state index in [4.69, 9.17) is 9.47 Å². The predicted octanol–water partition coefficient (Wildman–Crippen LogP) is 1.56. The molecule has 6 nitrogen and oxygen atoms in total. The fourth-order valence-electron chi connectivity index (χ4n) is 2.47. The van der Waals surface area contributed by atoms with Crippen LogP contribution in [0, 0.1) is 5.92 Å². The van der Waals surface area contributed by atoms with Crippen LogP contribution in [0.4, 0.5) is 0 Å². The molecule has 0 saturated carbocycles. The minimum absolute atomic E-state index is 0.179. The van der Waals surface area contributed by atoms with Crippen molar-refractivity contribution in [2.75, 3.05) is 14.2 Å². The van der Waals surface area contributed by atoms with Gasteiger partial charge in [-0.15, -0.1) is 0 Å². The summed E-state index contributed by atoms with van der Waals surface area (Å²) in [6.07, 6.45) is 1.05. The lowest BCUT2D eigenvalue weighted by Gasteiger charge is -2.29. The Labute approximate surface area is 125 Å². The molecule has 1 N–H and O–H groups in total. The molecule has 116 valence electrons. The Morgan fingerprint density at radius 3 is 2.19 bits per heavy atom. The van der Waals surface area contributed by atoms with Gasteiger partial charge in [-0.25, -0.2) is 9.98 Å². The quantitative estimate of drug-likeness (QED) is 0.919. The van der Waals surface area contributed by atoms with Crippen molar-refractivity contribution in [2.45, 2.75) is 32.0 Å². The first-order valence-electron chi connectivity index (χ1n) is 7.02. The first-order chi connectivity index (χ1) is 9.99. The molecule has 0 aliphatic carbocycles. The lowest BCUT2D eigenvalue weighted by atomic mass is 10.0. The second-order valence-corrected chi connectivity index (χ2v) is 5.47. The Morgan fingerprint density at radius 1 is 1.14 bits per heavy atom. The Balaban J connectivity index is 2.36. The molecule has 1 aromatic rings. The van der Waals surface area contributed by atoms with E-state index < -0.39 is 12.1 Å². The molecule has 0 aromatic carbocycles. The number of aromatic nitrogens is 1. The summed E-state index contributed by atoms with van der Waals surface area (Å²) in [6, 6.07) is 2.97. The Morgan fingerprint density at radius 2 is 1.71 bits per heavy atom. The number of methoxy groups -OCH3 is 2. The van der Waals surface area contributed by atoms with Gasteiger partial charge < -0.3 is 19.1 Å². The Bertz CT molecular complexity index is 548. The lowest BCUT2D eigenvalue weighted by molar-refractivity contribution is 0.148. The molecular formula is C15H23N3O3. The summed E-state index contributed by atoms with van der Waals surface area (Å²) in [7, 11) is 5.00. The molecule has 0 radical (unpaired) electrons. The summed E-state index contributed by atoms with van der Waals surface area (Å²) in [5, 5.41) is 10.6. The Kier molecular flexibility index (Phi) is 4.67. The third kappa shape index (κ3) is 2.95. The number of rotatable bonds is 3. The minimum Gasteiger partial charge on any atom is -0.483 e. The zero-order valence-electron chi connectivity index (χ0n) is 13.1. The average molecular weight is 293 g/mol. The van der Waals surface area contributed by atoms with Crippen LogP contribution in [0.25, 0.3) is 0 Å². The number of hydrogen-bond donors (Lipinski definition) is 1. The molecule has 1 aliphatic heterocycles. The number of aryl methyl sites for hydroxylation is 1. The van der Waals surface area contributed by atoms with Gasteiger partial charge in [0.05, 0.1) is 14.2 Å². The monoisotopic (exact) mass is 293 g/mol. The van der Waals surface area contributed by atoms with Gasteiger partial charge in [0.2, 0.25) is 11.8 Å². The van der Waals surface area contributed by atoms with E-state index in [1.54, 1.807) is 14.2 Å².